The van der Waals surface area contributed by atoms with Crippen LogP contribution < -0.4 is 19.5 Å². The van der Waals surface area contributed by atoms with Crippen molar-refractivity contribution in [1.29, 1.82) is 0 Å². The van der Waals surface area contributed by atoms with E-state index >= 15 is 0 Å². The van der Waals surface area contributed by atoms with Crippen LogP contribution in [0.15, 0.2) is 91.0 Å². The molecule has 0 heterocycles. The second-order valence-electron chi connectivity index (χ2n) is 11.1. The zero-order chi connectivity index (χ0) is 37.8. The first kappa shape index (κ1) is 38.4. The molecule has 1 amide bonds. The molecule has 0 fully saturated rings. The summed E-state index contributed by atoms with van der Waals surface area (Å²) < 4.78 is 140. The number of carbonyl (C=O) groups excluding carboxylic acids is 2. The zero-order valence-electron chi connectivity index (χ0n) is 26.8. The SMILES string of the molecule is COC(=O)C(C)Oc1ccc(CC(NC(=O)c2ccc(C)c(C(F)(F)F)c2)(c2cccc(OC(F)(F)F)c2)c2cccc(OC(F)(F)F)c2)cc1. The highest BCUT2D eigenvalue weighted by molar-refractivity contribution is 5.95. The van der Waals surface area contributed by atoms with Crippen molar-refractivity contribution in [2.45, 2.75) is 50.8 Å². The maximum atomic E-state index is 13.9. The molecule has 4 aromatic rings. The van der Waals surface area contributed by atoms with Crippen LogP contribution in [-0.2, 0) is 27.7 Å². The monoisotopic (exact) mass is 729 g/mol. The number of aryl methyl sites for hydroxylation is 1. The van der Waals surface area contributed by atoms with E-state index in [1.807, 2.05) is 0 Å². The molecule has 1 atom stereocenters. The molecule has 0 aliphatic heterocycles. The fraction of sp³-hybridized carbons (Fsp3) is 0.257. The van der Waals surface area contributed by atoms with Crippen LogP contribution >= 0.6 is 0 Å². The summed E-state index contributed by atoms with van der Waals surface area (Å²) in [6.07, 6.45) is -16.6. The number of ether oxygens (including phenoxy) is 4. The number of esters is 1. The summed E-state index contributed by atoms with van der Waals surface area (Å²) in [4.78, 5) is 25.7. The van der Waals surface area contributed by atoms with Crippen LogP contribution in [0.2, 0.25) is 0 Å². The van der Waals surface area contributed by atoms with Crippen molar-refractivity contribution in [3.8, 4) is 17.2 Å². The Morgan fingerprint density at radius 1 is 0.706 bits per heavy atom. The van der Waals surface area contributed by atoms with Gasteiger partial charge in [-0.25, -0.2) is 4.79 Å². The molecule has 0 bridgehead atoms. The molecule has 0 aromatic heterocycles. The minimum Gasteiger partial charge on any atom is -0.479 e. The highest BCUT2D eigenvalue weighted by Crippen LogP contribution is 2.39. The Balaban J connectivity index is 1.94. The van der Waals surface area contributed by atoms with Crippen molar-refractivity contribution in [2.75, 3.05) is 7.11 Å². The lowest BCUT2D eigenvalue weighted by Crippen LogP contribution is -2.48. The third kappa shape index (κ3) is 10.1. The first-order chi connectivity index (χ1) is 23.7. The molecular weight excluding hydrogens is 701 g/mol. The van der Waals surface area contributed by atoms with Crippen molar-refractivity contribution >= 4 is 11.9 Å². The highest BCUT2D eigenvalue weighted by atomic mass is 19.4. The summed E-state index contributed by atoms with van der Waals surface area (Å²) in [5, 5.41) is 2.60. The largest absolute Gasteiger partial charge is 0.573 e. The number of carbonyl (C=O) groups is 2. The van der Waals surface area contributed by atoms with E-state index in [1.54, 1.807) is 0 Å². The van der Waals surface area contributed by atoms with E-state index in [9.17, 15) is 49.1 Å². The molecule has 0 spiro atoms. The number of halogens is 9. The first-order valence-electron chi connectivity index (χ1n) is 14.8. The lowest BCUT2D eigenvalue weighted by molar-refractivity contribution is -0.275. The van der Waals surface area contributed by atoms with Gasteiger partial charge in [-0.05, 0) is 84.6 Å². The Morgan fingerprint density at radius 2 is 1.24 bits per heavy atom. The Labute approximate surface area is 284 Å². The van der Waals surface area contributed by atoms with Crippen molar-refractivity contribution in [2.24, 2.45) is 0 Å². The number of amides is 1. The third-order valence-corrected chi connectivity index (χ3v) is 7.49. The van der Waals surface area contributed by atoms with E-state index in [4.69, 9.17) is 4.74 Å². The summed E-state index contributed by atoms with van der Waals surface area (Å²) in [6.45, 7) is 2.59. The van der Waals surface area contributed by atoms with Gasteiger partial charge >= 0.3 is 24.9 Å². The second-order valence-corrected chi connectivity index (χ2v) is 11.1. The van der Waals surface area contributed by atoms with Gasteiger partial charge in [0.05, 0.1) is 18.2 Å². The highest BCUT2D eigenvalue weighted by Gasteiger charge is 2.40. The topological polar surface area (TPSA) is 83.1 Å². The lowest BCUT2D eigenvalue weighted by atomic mass is 9.77. The Kier molecular flexibility index (Phi) is 11.2. The third-order valence-electron chi connectivity index (χ3n) is 7.49. The Hall–Kier alpha value is -5.41. The molecule has 0 saturated heterocycles. The number of benzene rings is 4. The predicted octanol–water partition coefficient (Wildman–Crippen LogP) is 8.67. The summed E-state index contributed by atoms with van der Waals surface area (Å²) in [5.74, 6) is -3.20. The maximum Gasteiger partial charge on any atom is 0.573 e. The minimum absolute atomic E-state index is 0.162. The molecule has 1 unspecified atom stereocenters. The zero-order valence-corrected chi connectivity index (χ0v) is 26.8. The van der Waals surface area contributed by atoms with Gasteiger partial charge in [0, 0.05) is 12.0 Å². The molecule has 0 aliphatic carbocycles. The molecule has 1 N–H and O–H groups in total. The number of rotatable bonds is 11. The molecule has 16 heteroatoms. The summed E-state index contributed by atoms with van der Waals surface area (Å²) in [5.41, 5.74) is -3.98. The minimum atomic E-state index is -5.17. The molecule has 0 radical (unpaired) electrons. The van der Waals surface area contributed by atoms with Gasteiger partial charge in [-0.2, -0.15) is 13.2 Å². The molecule has 4 rings (SSSR count). The summed E-state index contributed by atoms with van der Waals surface area (Å²) >= 11 is 0. The van der Waals surface area contributed by atoms with Crippen LogP contribution in [-0.4, -0.2) is 37.8 Å². The van der Waals surface area contributed by atoms with E-state index in [0.717, 1.165) is 55.6 Å². The van der Waals surface area contributed by atoms with Crippen molar-refractivity contribution in [1.82, 2.24) is 5.32 Å². The van der Waals surface area contributed by atoms with Gasteiger partial charge in [0.1, 0.15) is 17.2 Å². The molecule has 7 nitrogen and oxygen atoms in total. The molecular formula is C35H28F9NO6. The fourth-order valence-corrected chi connectivity index (χ4v) is 5.22. The van der Waals surface area contributed by atoms with Crippen molar-refractivity contribution < 1.29 is 68.1 Å². The van der Waals surface area contributed by atoms with E-state index < -0.39 is 71.5 Å². The smallest absolute Gasteiger partial charge is 0.479 e. The molecule has 0 saturated carbocycles. The van der Waals surface area contributed by atoms with Gasteiger partial charge in [0.2, 0.25) is 0 Å². The summed E-state index contributed by atoms with van der Waals surface area (Å²) in [7, 11) is 1.16. The maximum absolute atomic E-state index is 13.9. The van der Waals surface area contributed by atoms with E-state index in [1.165, 1.54) is 50.2 Å². The van der Waals surface area contributed by atoms with Gasteiger partial charge < -0.3 is 24.3 Å². The van der Waals surface area contributed by atoms with Gasteiger partial charge in [-0.1, -0.05) is 42.5 Å². The van der Waals surface area contributed by atoms with E-state index in [-0.39, 0.29) is 22.4 Å². The quantitative estimate of drug-likeness (QED) is 0.123. The van der Waals surface area contributed by atoms with Crippen molar-refractivity contribution in [3.63, 3.8) is 0 Å². The number of hydrogen-bond acceptors (Lipinski definition) is 6. The normalized spacial score (nSPS) is 12.9. The van der Waals surface area contributed by atoms with Crippen LogP contribution in [0.3, 0.4) is 0 Å². The number of alkyl halides is 9. The van der Waals surface area contributed by atoms with Crippen molar-refractivity contribution in [3.05, 3.63) is 124 Å². The Morgan fingerprint density at radius 3 is 1.71 bits per heavy atom. The Bertz CT molecular complexity index is 1790. The number of nitrogens with one attached hydrogen (secondary N) is 1. The first-order valence-corrected chi connectivity index (χ1v) is 14.8. The van der Waals surface area contributed by atoms with Gasteiger partial charge in [-0.15, -0.1) is 26.3 Å². The molecule has 272 valence electrons. The van der Waals surface area contributed by atoms with Gasteiger partial charge in [-0.3, -0.25) is 4.79 Å². The van der Waals surface area contributed by atoms with Crippen LogP contribution in [0.4, 0.5) is 39.5 Å². The number of hydrogen-bond donors (Lipinski definition) is 1. The van der Waals surface area contributed by atoms with Gasteiger partial charge in [0.25, 0.3) is 5.91 Å². The van der Waals surface area contributed by atoms with Crippen LogP contribution in [0.1, 0.15) is 45.1 Å². The molecule has 0 aliphatic rings. The van der Waals surface area contributed by atoms with Crippen LogP contribution in [0, 0.1) is 6.92 Å². The number of methoxy groups -OCH3 is 1. The molecule has 4 aromatic carbocycles. The summed E-state index contributed by atoms with van der Waals surface area (Å²) in [6, 6.07) is 16.8. The molecule has 51 heavy (non-hydrogen) atoms. The van der Waals surface area contributed by atoms with Crippen LogP contribution in [0.5, 0.6) is 17.2 Å². The van der Waals surface area contributed by atoms with E-state index in [2.05, 4.69) is 19.5 Å². The predicted molar refractivity (Wildman–Crippen MR) is 163 cm³/mol. The van der Waals surface area contributed by atoms with Crippen LogP contribution in [0.25, 0.3) is 0 Å². The standard InChI is InChI=1S/C35H28F9NO6/c1-20-10-13-23(16-29(20)33(36,37)38)30(46)45-32(24-6-4-8-27(17-24)50-34(39,40)41,25-7-5-9-28(18-25)51-35(42,43)44)19-22-11-14-26(15-12-22)49-21(2)31(47)48-3/h4-18,21H,19H2,1-3H3,(H,45,46). The fourth-order valence-electron chi connectivity index (χ4n) is 5.22. The lowest BCUT2D eigenvalue weighted by Gasteiger charge is -2.37. The average molecular weight is 730 g/mol. The second kappa shape index (κ2) is 14.8. The van der Waals surface area contributed by atoms with Gasteiger partial charge in [0.15, 0.2) is 6.10 Å². The average Bonchev–Trinajstić information content (AvgIpc) is 3.03. The van der Waals surface area contributed by atoms with E-state index in [0.29, 0.717) is 11.6 Å².